The van der Waals surface area contributed by atoms with Crippen molar-refractivity contribution in [2.24, 2.45) is 0 Å². The quantitative estimate of drug-likeness (QED) is 0.144. The average Bonchev–Trinajstić information content (AvgIpc) is 3.61. The first-order chi connectivity index (χ1) is 21.3. The molecular formula is C32H31FN6O4S. The number of carbonyl (C=O) groups excluding carboxylic acids is 2. The summed E-state index contributed by atoms with van der Waals surface area (Å²) in [6.07, 6.45) is 1.45. The average molecular weight is 615 g/mol. The second kappa shape index (κ2) is 12.4. The molecule has 1 aliphatic rings. The Kier molecular flexibility index (Phi) is 8.27. The van der Waals surface area contributed by atoms with Gasteiger partial charge in [0.05, 0.1) is 42.1 Å². The van der Waals surface area contributed by atoms with Gasteiger partial charge in [-0.15, -0.1) is 0 Å². The number of ether oxygens (including phenoxy) is 2. The number of H-pyrrole nitrogens is 1. The normalized spacial score (nSPS) is 13.3. The minimum Gasteiger partial charge on any atom is -0.454 e. The molecule has 0 saturated carbocycles. The molecule has 1 fully saturated rings. The number of ketones is 1. The van der Waals surface area contributed by atoms with E-state index in [4.69, 9.17) is 15.2 Å². The fraction of sp³-hybridized carbons (Fsp3) is 0.219. The van der Waals surface area contributed by atoms with Crippen LogP contribution in [0.25, 0.3) is 16.6 Å². The fourth-order valence-corrected chi connectivity index (χ4v) is 5.81. The third-order valence-electron chi connectivity index (χ3n) is 7.46. The second-order valence-corrected chi connectivity index (χ2v) is 11.3. The Morgan fingerprint density at radius 3 is 2.66 bits per heavy atom. The van der Waals surface area contributed by atoms with E-state index in [1.807, 2.05) is 30.9 Å². The summed E-state index contributed by atoms with van der Waals surface area (Å²) in [5.74, 6) is 0.401. The lowest BCUT2D eigenvalue weighted by Gasteiger charge is -2.26. The number of carbonyl (C=O) groups is 2. The van der Waals surface area contributed by atoms with Gasteiger partial charge in [0.1, 0.15) is 11.6 Å². The molecule has 1 amide bonds. The molecule has 0 radical (unpaired) electrons. The van der Waals surface area contributed by atoms with E-state index in [2.05, 4.69) is 14.8 Å². The molecule has 10 nitrogen and oxygen atoms in total. The van der Waals surface area contributed by atoms with Gasteiger partial charge in [-0.1, -0.05) is 12.1 Å². The Labute approximate surface area is 257 Å². The SMILES string of the molecule is Cc1cc2cc(C(=O)c3cnn(-c4ccc(Oc5ccccc5F)cc4C)c3N)[nH]c2cc1NSCC(=O)N1CCOCC1. The highest BCUT2D eigenvalue weighted by molar-refractivity contribution is 8.01. The summed E-state index contributed by atoms with van der Waals surface area (Å²) in [6.45, 7) is 6.20. The molecule has 6 rings (SSSR count). The Morgan fingerprint density at radius 2 is 1.89 bits per heavy atom. The van der Waals surface area contributed by atoms with Crippen LogP contribution in [0.2, 0.25) is 0 Å². The van der Waals surface area contributed by atoms with Crippen molar-refractivity contribution in [1.29, 1.82) is 0 Å². The highest BCUT2D eigenvalue weighted by Gasteiger charge is 2.21. The van der Waals surface area contributed by atoms with E-state index in [1.165, 1.54) is 28.9 Å². The summed E-state index contributed by atoms with van der Waals surface area (Å²) in [6, 6.07) is 17.1. The van der Waals surface area contributed by atoms with Gasteiger partial charge in [0.25, 0.3) is 0 Å². The lowest BCUT2D eigenvalue weighted by atomic mass is 10.1. The molecular weight excluding hydrogens is 583 g/mol. The molecule has 1 saturated heterocycles. The monoisotopic (exact) mass is 614 g/mol. The number of aromatic nitrogens is 3. The predicted molar refractivity (Wildman–Crippen MR) is 169 cm³/mol. The third-order valence-corrected chi connectivity index (χ3v) is 8.22. The molecule has 4 N–H and O–H groups in total. The minimum absolute atomic E-state index is 0.0671. The number of halogens is 1. The number of rotatable bonds is 9. The number of nitrogen functional groups attached to an aromatic ring is 1. The summed E-state index contributed by atoms with van der Waals surface area (Å²) in [4.78, 5) is 31.0. The first-order valence-electron chi connectivity index (χ1n) is 14.1. The first-order valence-corrected chi connectivity index (χ1v) is 15.1. The Hall–Kier alpha value is -4.81. The van der Waals surface area contributed by atoms with Crippen molar-refractivity contribution in [3.05, 3.63) is 95.1 Å². The first kappa shape index (κ1) is 29.3. The number of benzene rings is 3. The molecule has 226 valence electrons. The smallest absolute Gasteiger partial charge is 0.234 e. The lowest BCUT2D eigenvalue weighted by molar-refractivity contribution is -0.132. The van der Waals surface area contributed by atoms with E-state index in [0.717, 1.165) is 27.7 Å². The minimum atomic E-state index is -0.455. The van der Waals surface area contributed by atoms with Crippen LogP contribution in [0.3, 0.4) is 0 Å². The Morgan fingerprint density at radius 1 is 1.09 bits per heavy atom. The topological polar surface area (TPSA) is 128 Å². The van der Waals surface area contributed by atoms with Crippen molar-refractivity contribution in [2.75, 3.05) is 42.5 Å². The molecule has 0 bridgehead atoms. The number of nitrogens with one attached hydrogen (secondary N) is 2. The van der Waals surface area contributed by atoms with Crippen LogP contribution in [-0.2, 0) is 9.53 Å². The number of hydrogen-bond acceptors (Lipinski definition) is 8. The third kappa shape index (κ3) is 5.99. The van der Waals surface area contributed by atoms with Crippen LogP contribution in [0.1, 0.15) is 27.2 Å². The van der Waals surface area contributed by atoms with Gasteiger partial charge in [0, 0.05) is 29.7 Å². The zero-order valence-corrected chi connectivity index (χ0v) is 25.0. The van der Waals surface area contributed by atoms with Crippen molar-refractivity contribution in [3.63, 3.8) is 0 Å². The van der Waals surface area contributed by atoms with Crippen LogP contribution in [0.15, 0.2) is 66.9 Å². The van der Waals surface area contributed by atoms with Crippen LogP contribution >= 0.6 is 11.9 Å². The number of nitrogens with two attached hydrogens (primary N) is 1. The van der Waals surface area contributed by atoms with Crippen LogP contribution < -0.4 is 15.2 Å². The molecule has 2 aromatic heterocycles. The van der Waals surface area contributed by atoms with E-state index >= 15 is 0 Å². The fourth-order valence-electron chi connectivity index (χ4n) is 5.06. The van der Waals surface area contributed by atoms with E-state index in [9.17, 15) is 14.0 Å². The van der Waals surface area contributed by atoms with Gasteiger partial charge in [0.15, 0.2) is 11.6 Å². The van der Waals surface area contributed by atoms with Crippen molar-refractivity contribution in [3.8, 4) is 17.2 Å². The molecule has 44 heavy (non-hydrogen) atoms. The molecule has 0 atom stereocenters. The molecule has 0 unspecified atom stereocenters. The maximum Gasteiger partial charge on any atom is 0.234 e. The van der Waals surface area contributed by atoms with Crippen LogP contribution in [0, 0.1) is 19.7 Å². The van der Waals surface area contributed by atoms with Crippen molar-refractivity contribution in [1.82, 2.24) is 19.7 Å². The number of anilines is 2. The number of hydrogen-bond donors (Lipinski definition) is 3. The number of aryl methyl sites for hydroxylation is 2. The second-order valence-electron chi connectivity index (χ2n) is 10.5. The number of morpholine rings is 1. The highest BCUT2D eigenvalue weighted by atomic mass is 32.2. The van der Waals surface area contributed by atoms with Gasteiger partial charge in [-0.25, -0.2) is 9.07 Å². The molecule has 3 aromatic carbocycles. The standard InChI is InChI=1S/C32H31FN6O4S/c1-19-13-21-15-27(36-26(21)16-25(19)37-44-18-30(40)38-9-11-42-12-10-38)31(41)23-17-35-39(32(23)34)28-8-7-22(14-20(28)2)43-29-6-4-3-5-24(29)33/h3-8,13-17,36-37H,9-12,18,34H2,1-2H3. The number of nitrogens with zero attached hydrogens (tertiary/aromatic N) is 3. The van der Waals surface area contributed by atoms with Gasteiger partial charge < -0.3 is 29.8 Å². The van der Waals surface area contributed by atoms with Gasteiger partial charge in [-0.3, -0.25) is 9.59 Å². The largest absolute Gasteiger partial charge is 0.454 e. The maximum absolute atomic E-state index is 14.0. The molecule has 12 heteroatoms. The maximum atomic E-state index is 14.0. The zero-order valence-electron chi connectivity index (χ0n) is 24.2. The van der Waals surface area contributed by atoms with Gasteiger partial charge in [-0.05, 0) is 85.5 Å². The summed E-state index contributed by atoms with van der Waals surface area (Å²) < 4.78 is 29.8. The van der Waals surface area contributed by atoms with Crippen molar-refractivity contribution in [2.45, 2.75) is 13.8 Å². The summed E-state index contributed by atoms with van der Waals surface area (Å²) in [5.41, 5.74) is 11.1. The molecule has 3 heterocycles. The van der Waals surface area contributed by atoms with Gasteiger partial charge >= 0.3 is 0 Å². The predicted octanol–water partition coefficient (Wildman–Crippen LogP) is 5.63. The zero-order chi connectivity index (χ0) is 30.8. The van der Waals surface area contributed by atoms with E-state index < -0.39 is 5.82 Å². The lowest BCUT2D eigenvalue weighted by Crippen LogP contribution is -2.41. The number of amides is 1. The molecule has 0 aliphatic carbocycles. The van der Waals surface area contributed by atoms with E-state index in [-0.39, 0.29) is 28.8 Å². The van der Waals surface area contributed by atoms with Gasteiger partial charge in [0.2, 0.25) is 11.7 Å². The Balaban J connectivity index is 1.16. The van der Waals surface area contributed by atoms with Crippen molar-refractivity contribution >= 4 is 46.0 Å². The Bertz CT molecular complexity index is 1860. The van der Waals surface area contributed by atoms with E-state index in [0.29, 0.717) is 49.2 Å². The number of para-hydroxylation sites is 1. The van der Waals surface area contributed by atoms with Crippen LogP contribution in [-0.4, -0.2) is 63.4 Å². The molecule has 0 spiro atoms. The van der Waals surface area contributed by atoms with Crippen molar-refractivity contribution < 1.29 is 23.5 Å². The van der Waals surface area contributed by atoms with Crippen LogP contribution in [0.4, 0.5) is 15.9 Å². The number of aromatic amines is 1. The molecule has 5 aromatic rings. The highest BCUT2D eigenvalue weighted by Crippen LogP contribution is 2.30. The molecule has 1 aliphatic heterocycles. The van der Waals surface area contributed by atoms with E-state index in [1.54, 1.807) is 42.5 Å². The van der Waals surface area contributed by atoms with Gasteiger partial charge in [-0.2, -0.15) is 5.10 Å². The summed E-state index contributed by atoms with van der Waals surface area (Å²) in [7, 11) is 0. The number of fused-ring (bicyclic) bond motifs is 1. The van der Waals surface area contributed by atoms with Crippen LogP contribution in [0.5, 0.6) is 11.5 Å². The summed E-state index contributed by atoms with van der Waals surface area (Å²) >= 11 is 1.33. The summed E-state index contributed by atoms with van der Waals surface area (Å²) in [5, 5.41) is 5.26.